The number of carbonyl (C=O) groups excluding carboxylic acids is 2. The van der Waals surface area contributed by atoms with Gasteiger partial charge in [-0.05, 0) is 42.7 Å². The van der Waals surface area contributed by atoms with E-state index in [9.17, 15) is 9.59 Å². The molecule has 2 amide bonds. The minimum atomic E-state index is -0.449. The van der Waals surface area contributed by atoms with Gasteiger partial charge in [-0.3, -0.25) is 9.59 Å². The summed E-state index contributed by atoms with van der Waals surface area (Å²) in [5.41, 5.74) is 8.17. The topological polar surface area (TPSA) is 72.2 Å². The summed E-state index contributed by atoms with van der Waals surface area (Å²) in [5, 5.41) is 3.61. The maximum atomic E-state index is 12.8. The Balaban J connectivity index is 1.89. The third kappa shape index (κ3) is 3.61. The summed E-state index contributed by atoms with van der Waals surface area (Å²) >= 11 is 1.51. The predicted octanol–water partition coefficient (Wildman–Crippen LogP) is 4.10. The van der Waals surface area contributed by atoms with Crippen LogP contribution in [0.5, 0.6) is 0 Å². The molecule has 1 aromatic heterocycles. The fourth-order valence-electron chi connectivity index (χ4n) is 3.56. The van der Waals surface area contributed by atoms with Crippen LogP contribution in [0.25, 0.3) is 0 Å². The molecule has 132 valence electrons. The molecule has 0 spiro atoms. The lowest BCUT2D eigenvalue weighted by Gasteiger charge is -2.18. The Bertz CT molecular complexity index is 782. The van der Waals surface area contributed by atoms with E-state index in [2.05, 4.69) is 12.2 Å². The standard InChI is InChI=1S/C20H24N2O2S/c1-3-14(13-7-5-4-6-8-13)19(24)22-20-17(18(21)23)15-10-9-12(2)11-16(15)25-20/h4-8,12,14H,3,9-11H2,1-2H3,(H2,21,23)(H,22,24)/t12-,14-/m1/s1. The normalized spacial score (nSPS) is 17.6. The summed E-state index contributed by atoms with van der Waals surface area (Å²) in [6.45, 7) is 4.21. The molecule has 0 saturated carbocycles. The Hall–Kier alpha value is -2.14. The Labute approximate surface area is 152 Å². The van der Waals surface area contributed by atoms with E-state index in [0.717, 1.165) is 30.4 Å². The third-order valence-electron chi connectivity index (χ3n) is 4.92. The van der Waals surface area contributed by atoms with Gasteiger partial charge >= 0.3 is 0 Å². The highest BCUT2D eigenvalue weighted by Gasteiger charge is 2.28. The molecule has 3 N–H and O–H groups in total. The lowest BCUT2D eigenvalue weighted by molar-refractivity contribution is -0.117. The smallest absolute Gasteiger partial charge is 0.251 e. The second-order valence-corrected chi connectivity index (χ2v) is 7.89. The van der Waals surface area contributed by atoms with Crippen LogP contribution >= 0.6 is 11.3 Å². The van der Waals surface area contributed by atoms with Crippen LogP contribution in [0, 0.1) is 5.92 Å². The second-order valence-electron chi connectivity index (χ2n) is 6.78. The molecule has 0 aliphatic heterocycles. The number of benzene rings is 1. The molecule has 1 aliphatic carbocycles. The van der Waals surface area contributed by atoms with Gasteiger partial charge in [0.2, 0.25) is 5.91 Å². The monoisotopic (exact) mass is 356 g/mol. The number of rotatable bonds is 5. The van der Waals surface area contributed by atoms with Gasteiger partial charge in [-0.2, -0.15) is 0 Å². The van der Waals surface area contributed by atoms with Gasteiger partial charge in [-0.1, -0.05) is 44.2 Å². The van der Waals surface area contributed by atoms with Gasteiger partial charge in [-0.15, -0.1) is 11.3 Å². The van der Waals surface area contributed by atoms with Crippen LogP contribution in [-0.4, -0.2) is 11.8 Å². The van der Waals surface area contributed by atoms with E-state index in [1.807, 2.05) is 37.3 Å². The van der Waals surface area contributed by atoms with Gasteiger partial charge in [0.1, 0.15) is 5.00 Å². The van der Waals surface area contributed by atoms with Crippen molar-refractivity contribution in [1.29, 1.82) is 0 Å². The van der Waals surface area contributed by atoms with E-state index in [1.54, 1.807) is 0 Å². The van der Waals surface area contributed by atoms with Crippen LogP contribution in [0.1, 0.15) is 59.0 Å². The van der Waals surface area contributed by atoms with E-state index in [-0.39, 0.29) is 11.8 Å². The number of carbonyl (C=O) groups is 2. The maximum Gasteiger partial charge on any atom is 0.251 e. The van der Waals surface area contributed by atoms with Crippen LogP contribution in [0.3, 0.4) is 0 Å². The van der Waals surface area contributed by atoms with Gasteiger partial charge in [0.05, 0.1) is 11.5 Å². The van der Waals surface area contributed by atoms with Crippen LogP contribution in [0.15, 0.2) is 30.3 Å². The number of amides is 2. The first-order valence-electron chi connectivity index (χ1n) is 8.81. The number of nitrogens with one attached hydrogen (secondary N) is 1. The number of hydrogen-bond donors (Lipinski definition) is 2. The molecule has 0 saturated heterocycles. The molecule has 25 heavy (non-hydrogen) atoms. The molecule has 2 atom stereocenters. The number of fused-ring (bicyclic) bond motifs is 1. The number of anilines is 1. The highest BCUT2D eigenvalue weighted by atomic mass is 32.1. The molecular weight excluding hydrogens is 332 g/mol. The molecule has 2 aromatic rings. The van der Waals surface area contributed by atoms with Gasteiger partial charge in [-0.25, -0.2) is 0 Å². The third-order valence-corrected chi connectivity index (χ3v) is 6.09. The molecule has 0 fully saturated rings. The van der Waals surface area contributed by atoms with Crippen molar-refractivity contribution in [3.63, 3.8) is 0 Å². The van der Waals surface area contributed by atoms with Crippen molar-refractivity contribution in [2.24, 2.45) is 11.7 Å². The minimum Gasteiger partial charge on any atom is -0.365 e. The SMILES string of the molecule is CC[C@@H](C(=O)Nc1sc2c(c1C(N)=O)CC[C@@H](C)C2)c1ccccc1. The van der Waals surface area contributed by atoms with Gasteiger partial charge in [0.15, 0.2) is 0 Å². The maximum absolute atomic E-state index is 12.8. The number of hydrogen-bond acceptors (Lipinski definition) is 3. The fourth-order valence-corrected chi connectivity index (χ4v) is 4.98. The average Bonchev–Trinajstić information content (AvgIpc) is 2.93. The van der Waals surface area contributed by atoms with Crippen molar-refractivity contribution in [3.8, 4) is 0 Å². The summed E-state index contributed by atoms with van der Waals surface area (Å²) in [4.78, 5) is 26.0. The zero-order valence-corrected chi connectivity index (χ0v) is 15.5. The summed E-state index contributed by atoms with van der Waals surface area (Å²) in [7, 11) is 0. The van der Waals surface area contributed by atoms with Crippen molar-refractivity contribution in [1.82, 2.24) is 0 Å². The van der Waals surface area contributed by atoms with E-state index in [1.165, 1.54) is 16.2 Å². The van der Waals surface area contributed by atoms with Crippen LogP contribution in [-0.2, 0) is 17.6 Å². The second kappa shape index (κ2) is 7.40. The molecular formula is C20H24N2O2S. The van der Waals surface area contributed by atoms with E-state index in [0.29, 0.717) is 22.9 Å². The Kier molecular flexibility index (Phi) is 5.23. The minimum absolute atomic E-state index is 0.0807. The summed E-state index contributed by atoms with van der Waals surface area (Å²) in [5.74, 6) is -0.166. The van der Waals surface area contributed by atoms with Gasteiger partial charge < -0.3 is 11.1 Å². The van der Waals surface area contributed by atoms with Crippen molar-refractivity contribution in [3.05, 3.63) is 51.9 Å². The van der Waals surface area contributed by atoms with Crippen LogP contribution in [0.2, 0.25) is 0 Å². The molecule has 0 bridgehead atoms. The molecule has 0 radical (unpaired) electrons. The lowest BCUT2D eigenvalue weighted by atomic mass is 9.88. The average molecular weight is 356 g/mol. The van der Waals surface area contributed by atoms with E-state index >= 15 is 0 Å². The quantitative estimate of drug-likeness (QED) is 0.846. The molecule has 1 heterocycles. The Morgan fingerprint density at radius 2 is 2.04 bits per heavy atom. The zero-order chi connectivity index (χ0) is 18.0. The highest BCUT2D eigenvalue weighted by Crippen LogP contribution is 2.40. The zero-order valence-electron chi connectivity index (χ0n) is 14.7. The lowest BCUT2D eigenvalue weighted by Crippen LogP contribution is -2.23. The van der Waals surface area contributed by atoms with E-state index < -0.39 is 5.91 Å². The molecule has 3 rings (SSSR count). The van der Waals surface area contributed by atoms with Crippen molar-refractivity contribution < 1.29 is 9.59 Å². The van der Waals surface area contributed by atoms with Crippen molar-refractivity contribution in [2.75, 3.05) is 5.32 Å². The largest absolute Gasteiger partial charge is 0.365 e. The highest BCUT2D eigenvalue weighted by molar-refractivity contribution is 7.17. The molecule has 0 unspecified atom stereocenters. The van der Waals surface area contributed by atoms with Crippen molar-refractivity contribution in [2.45, 2.75) is 45.4 Å². The molecule has 5 heteroatoms. The van der Waals surface area contributed by atoms with Crippen molar-refractivity contribution >= 4 is 28.2 Å². The number of thiophene rings is 1. The predicted molar refractivity (Wildman–Crippen MR) is 102 cm³/mol. The first-order chi connectivity index (χ1) is 12.0. The Morgan fingerprint density at radius 1 is 1.32 bits per heavy atom. The summed E-state index contributed by atoms with van der Waals surface area (Å²) in [6, 6.07) is 9.73. The molecule has 4 nitrogen and oxygen atoms in total. The molecule has 1 aromatic carbocycles. The fraction of sp³-hybridized carbons (Fsp3) is 0.400. The first-order valence-corrected chi connectivity index (χ1v) is 9.63. The number of nitrogens with two attached hydrogens (primary N) is 1. The van der Waals surface area contributed by atoms with Crippen LogP contribution < -0.4 is 11.1 Å². The van der Waals surface area contributed by atoms with Gasteiger partial charge in [0, 0.05) is 4.88 Å². The summed E-state index contributed by atoms with van der Waals surface area (Å²) in [6.07, 6.45) is 3.56. The summed E-state index contributed by atoms with van der Waals surface area (Å²) < 4.78 is 0. The first kappa shape index (κ1) is 17.7. The number of primary amides is 1. The van der Waals surface area contributed by atoms with E-state index in [4.69, 9.17) is 5.73 Å². The van der Waals surface area contributed by atoms with Gasteiger partial charge in [0.25, 0.3) is 5.91 Å². The van der Waals surface area contributed by atoms with Crippen LogP contribution in [0.4, 0.5) is 5.00 Å². The molecule has 1 aliphatic rings. The Morgan fingerprint density at radius 3 is 2.68 bits per heavy atom.